The predicted molar refractivity (Wildman–Crippen MR) is 118 cm³/mol. The lowest BCUT2D eigenvalue weighted by Crippen LogP contribution is -2.47. The van der Waals surface area contributed by atoms with Crippen LogP contribution in [0.2, 0.25) is 0 Å². The molecule has 2 aromatic heterocycles. The van der Waals surface area contributed by atoms with Crippen LogP contribution in [0.25, 0.3) is 10.2 Å². The first-order valence-electron chi connectivity index (χ1n) is 10.4. The molecule has 1 aromatic carbocycles. The van der Waals surface area contributed by atoms with Gasteiger partial charge in [0.05, 0.1) is 5.39 Å². The van der Waals surface area contributed by atoms with Gasteiger partial charge in [0.2, 0.25) is 5.91 Å². The predicted octanol–water partition coefficient (Wildman–Crippen LogP) is 3.54. The summed E-state index contributed by atoms with van der Waals surface area (Å²) in [6, 6.07) is 8.49. The molecule has 0 saturated carbocycles. The lowest BCUT2D eigenvalue weighted by atomic mass is 10.1. The molecule has 156 valence electrons. The van der Waals surface area contributed by atoms with Gasteiger partial charge in [0.1, 0.15) is 28.8 Å². The number of hydrogen-bond donors (Lipinski definition) is 0. The minimum atomic E-state index is -0.226. The Hall–Kier alpha value is -2.74. The van der Waals surface area contributed by atoms with Crippen LogP contribution in [0.1, 0.15) is 19.3 Å². The number of halogens is 1. The van der Waals surface area contributed by atoms with Crippen LogP contribution < -0.4 is 9.80 Å². The van der Waals surface area contributed by atoms with E-state index in [2.05, 4.69) is 19.8 Å². The molecule has 0 bridgehead atoms. The second kappa shape index (κ2) is 8.18. The monoisotopic (exact) mass is 425 g/mol. The van der Waals surface area contributed by atoms with Crippen molar-refractivity contribution in [3.8, 4) is 0 Å². The van der Waals surface area contributed by atoms with Crippen LogP contribution in [0, 0.1) is 5.82 Å². The standard InChI is InChI=1S/C22H24FN5OS/c23-16-4-6-17(7-5-16)26-9-2-10-27(13-12-26)22(29)19-3-1-11-28(19)20-18-8-14-30-21(18)25-15-24-20/h4-8,14-15,19H,1-3,9-13H2. The first kappa shape index (κ1) is 19.2. The van der Waals surface area contributed by atoms with E-state index >= 15 is 0 Å². The molecule has 1 atom stereocenters. The molecule has 2 aliphatic rings. The minimum Gasteiger partial charge on any atom is -0.370 e. The molecule has 0 radical (unpaired) electrons. The van der Waals surface area contributed by atoms with Gasteiger partial charge >= 0.3 is 0 Å². The molecule has 3 aromatic rings. The van der Waals surface area contributed by atoms with E-state index in [4.69, 9.17) is 0 Å². The number of thiophene rings is 1. The van der Waals surface area contributed by atoms with E-state index in [1.807, 2.05) is 28.5 Å². The fourth-order valence-electron chi connectivity index (χ4n) is 4.54. The van der Waals surface area contributed by atoms with Crippen molar-refractivity contribution >= 4 is 39.0 Å². The van der Waals surface area contributed by atoms with Crippen LogP contribution in [-0.2, 0) is 4.79 Å². The lowest BCUT2D eigenvalue weighted by Gasteiger charge is -2.30. The summed E-state index contributed by atoms with van der Waals surface area (Å²) >= 11 is 1.60. The molecule has 4 heterocycles. The van der Waals surface area contributed by atoms with Crippen molar-refractivity contribution < 1.29 is 9.18 Å². The van der Waals surface area contributed by atoms with Gasteiger partial charge in [0.15, 0.2) is 0 Å². The van der Waals surface area contributed by atoms with E-state index in [0.29, 0.717) is 6.54 Å². The van der Waals surface area contributed by atoms with Gasteiger partial charge in [-0.3, -0.25) is 4.79 Å². The van der Waals surface area contributed by atoms with E-state index in [-0.39, 0.29) is 17.8 Å². The van der Waals surface area contributed by atoms with Crippen molar-refractivity contribution in [3.05, 3.63) is 47.9 Å². The molecule has 2 saturated heterocycles. The van der Waals surface area contributed by atoms with Crippen LogP contribution in [0.5, 0.6) is 0 Å². The lowest BCUT2D eigenvalue weighted by molar-refractivity contribution is -0.132. The highest BCUT2D eigenvalue weighted by atomic mass is 32.1. The zero-order chi connectivity index (χ0) is 20.5. The smallest absolute Gasteiger partial charge is 0.245 e. The van der Waals surface area contributed by atoms with Crippen molar-refractivity contribution in [2.45, 2.75) is 25.3 Å². The highest BCUT2D eigenvalue weighted by Crippen LogP contribution is 2.32. The maximum absolute atomic E-state index is 13.5. The number of benzene rings is 1. The number of amides is 1. The van der Waals surface area contributed by atoms with Gasteiger partial charge in [-0.15, -0.1) is 11.3 Å². The van der Waals surface area contributed by atoms with Crippen molar-refractivity contribution in [1.29, 1.82) is 0 Å². The second-order valence-corrected chi connectivity index (χ2v) is 8.72. The molecule has 5 rings (SSSR count). The fraction of sp³-hybridized carbons (Fsp3) is 0.409. The van der Waals surface area contributed by atoms with Crippen molar-refractivity contribution in [3.63, 3.8) is 0 Å². The van der Waals surface area contributed by atoms with E-state index in [0.717, 1.165) is 67.2 Å². The molecule has 0 spiro atoms. The number of nitrogens with zero attached hydrogens (tertiary/aromatic N) is 5. The van der Waals surface area contributed by atoms with Crippen LogP contribution in [0.4, 0.5) is 15.9 Å². The summed E-state index contributed by atoms with van der Waals surface area (Å²) in [6.07, 6.45) is 4.34. The third kappa shape index (κ3) is 3.60. The van der Waals surface area contributed by atoms with Gasteiger partial charge < -0.3 is 14.7 Å². The number of carbonyl (C=O) groups is 1. The zero-order valence-electron chi connectivity index (χ0n) is 16.7. The van der Waals surface area contributed by atoms with Gasteiger partial charge in [-0.05, 0) is 55.0 Å². The molecule has 1 unspecified atom stereocenters. The minimum absolute atomic E-state index is 0.166. The first-order chi connectivity index (χ1) is 14.7. The van der Waals surface area contributed by atoms with Crippen LogP contribution in [0.15, 0.2) is 42.0 Å². The molecule has 6 nitrogen and oxygen atoms in total. The third-order valence-corrected chi connectivity index (χ3v) is 6.87. The molecule has 2 fully saturated rings. The largest absolute Gasteiger partial charge is 0.370 e. The maximum atomic E-state index is 13.5. The molecular formula is C22H24FN5OS. The van der Waals surface area contributed by atoms with E-state index < -0.39 is 0 Å². The quantitative estimate of drug-likeness (QED) is 0.643. The van der Waals surface area contributed by atoms with E-state index in [1.54, 1.807) is 17.7 Å². The Balaban J connectivity index is 1.31. The first-order valence-corrected chi connectivity index (χ1v) is 11.3. The molecule has 2 aliphatic heterocycles. The summed E-state index contributed by atoms with van der Waals surface area (Å²) in [7, 11) is 0. The van der Waals surface area contributed by atoms with Crippen molar-refractivity contribution in [2.75, 3.05) is 42.5 Å². The highest BCUT2D eigenvalue weighted by Gasteiger charge is 2.36. The Labute approximate surface area is 178 Å². The number of fused-ring (bicyclic) bond motifs is 1. The van der Waals surface area contributed by atoms with Gasteiger partial charge in [-0.1, -0.05) is 0 Å². The average Bonchev–Trinajstić information content (AvgIpc) is 3.38. The Morgan fingerprint density at radius 2 is 1.87 bits per heavy atom. The van der Waals surface area contributed by atoms with Gasteiger partial charge in [0.25, 0.3) is 0 Å². The maximum Gasteiger partial charge on any atom is 0.245 e. The summed E-state index contributed by atoms with van der Waals surface area (Å²) in [6.45, 7) is 3.89. The van der Waals surface area contributed by atoms with Crippen molar-refractivity contribution in [1.82, 2.24) is 14.9 Å². The third-order valence-electron chi connectivity index (χ3n) is 6.05. The topological polar surface area (TPSA) is 52.6 Å². The molecule has 8 heteroatoms. The zero-order valence-corrected chi connectivity index (χ0v) is 17.5. The highest BCUT2D eigenvalue weighted by molar-refractivity contribution is 7.16. The van der Waals surface area contributed by atoms with Crippen LogP contribution >= 0.6 is 11.3 Å². The Kier molecular flexibility index (Phi) is 5.25. The summed E-state index contributed by atoms with van der Waals surface area (Å²) in [5, 5.41) is 3.05. The number of anilines is 2. The average molecular weight is 426 g/mol. The molecule has 1 amide bonds. The number of aromatic nitrogens is 2. The molecule has 0 aliphatic carbocycles. The fourth-order valence-corrected chi connectivity index (χ4v) is 5.27. The Bertz CT molecular complexity index is 1040. The molecule has 0 N–H and O–H groups in total. The Morgan fingerprint density at radius 3 is 2.73 bits per heavy atom. The van der Waals surface area contributed by atoms with Crippen molar-refractivity contribution in [2.24, 2.45) is 0 Å². The van der Waals surface area contributed by atoms with Crippen LogP contribution in [0.3, 0.4) is 0 Å². The van der Waals surface area contributed by atoms with Crippen LogP contribution in [-0.4, -0.2) is 59.5 Å². The summed E-state index contributed by atoms with van der Waals surface area (Å²) < 4.78 is 13.2. The summed E-state index contributed by atoms with van der Waals surface area (Å²) in [5.41, 5.74) is 1.01. The second-order valence-electron chi connectivity index (χ2n) is 7.83. The van der Waals surface area contributed by atoms with E-state index in [9.17, 15) is 9.18 Å². The molecular weight excluding hydrogens is 401 g/mol. The number of carbonyl (C=O) groups excluding carboxylic acids is 1. The Morgan fingerprint density at radius 1 is 1.00 bits per heavy atom. The number of hydrogen-bond acceptors (Lipinski definition) is 6. The SMILES string of the molecule is O=C(C1CCCN1c1ncnc2sccc12)N1CCCN(c2ccc(F)cc2)CC1. The van der Waals surface area contributed by atoms with Gasteiger partial charge in [-0.25, -0.2) is 14.4 Å². The molecule has 30 heavy (non-hydrogen) atoms. The summed E-state index contributed by atoms with van der Waals surface area (Å²) in [4.78, 5) is 29.7. The van der Waals surface area contributed by atoms with E-state index in [1.165, 1.54) is 12.1 Å². The number of rotatable bonds is 3. The summed E-state index contributed by atoms with van der Waals surface area (Å²) in [5.74, 6) is 0.839. The normalized spacial score (nSPS) is 20.0. The van der Waals surface area contributed by atoms with Gasteiger partial charge in [-0.2, -0.15) is 0 Å². The van der Waals surface area contributed by atoms with Gasteiger partial charge in [0, 0.05) is 38.4 Å².